The zero-order chi connectivity index (χ0) is 12.6. The molecular weight excluding hydrogens is 235 g/mol. The third kappa shape index (κ3) is 2.40. The van der Waals surface area contributed by atoms with Gasteiger partial charge >= 0.3 is 12.1 Å². The first-order valence-corrected chi connectivity index (χ1v) is 5.04. The summed E-state index contributed by atoms with van der Waals surface area (Å²) >= 11 is 0. The van der Waals surface area contributed by atoms with Crippen LogP contribution in [0.25, 0.3) is 0 Å². The highest BCUT2D eigenvalue weighted by atomic mass is 19.4. The Balaban J connectivity index is 2.08. The largest absolute Gasteiger partial charge is 0.469 e. The molecule has 0 saturated heterocycles. The first kappa shape index (κ1) is 11.9. The normalized spacial score (nSPS) is 23.3. The highest BCUT2D eigenvalue weighted by molar-refractivity contribution is 5.77. The summed E-state index contributed by atoms with van der Waals surface area (Å²) in [5.74, 6) is -0.620. The van der Waals surface area contributed by atoms with Gasteiger partial charge in [-0.25, -0.2) is 0 Å². The Bertz CT molecular complexity index is 427. The molecule has 2 unspecified atom stereocenters. The molecule has 1 aromatic rings. The number of carbonyl (C=O) groups excluding carboxylic acids is 1. The van der Waals surface area contributed by atoms with E-state index in [0.717, 1.165) is 6.07 Å². The van der Waals surface area contributed by atoms with Gasteiger partial charge in [-0.15, -0.1) is 0 Å². The van der Waals surface area contributed by atoms with Crippen LogP contribution >= 0.6 is 0 Å². The van der Waals surface area contributed by atoms with Crippen LogP contribution in [0.15, 0.2) is 18.3 Å². The molecule has 0 bridgehead atoms. The number of aromatic nitrogens is 1. The van der Waals surface area contributed by atoms with Crippen molar-refractivity contribution in [1.29, 1.82) is 0 Å². The lowest BCUT2D eigenvalue weighted by Gasteiger charge is -2.06. The van der Waals surface area contributed by atoms with Gasteiger partial charge in [-0.1, -0.05) is 6.07 Å². The summed E-state index contributed by atoms with van der Waals surface area (Å²) in [5.41, 5.74) is -0.273. The van der Waals surface area contributed by atoms with Crippen molar-refractivity contribution in [1.82, 2.24) is 4.98 Å². The summed E-state index contributed by atoms with van der Waals surface area (Å²) in [7, 11) is 1.29. The van der Waals surface area contributed by atoms with Crippen LogP contribution in [0.2, 0.25) is 0 Å². The molecule has 92 valence electrons. The van der Waals surface area contributed by atoms with Gasteiger partial charge < -0.3 is 4.74 Å². The summed E-state index contributed by atoms with van der Waals surface area (Å²) in [6, 6.07) is 2.30. The maximum atomic E-state index is 12.3. The molecule has 0 aromatic carbocycles. The van der Waals surface area contributed by atoms with Gasteiger partial charge in [0.05, 0.1) is 13.0 Å². The molecule has 0 radical (unpaired) electrons. The summed E-state index contributed by atoms with van der Waals surface area (Å²) in [4.78, 5) is 14.5. The molecule has 6 heteroatoms. The molecule has 2 atom stereocenters. The number of esters is 1. The molecule has 17 heavy (non-hydrogen) atoms. The van der Waals surface area contributed by atoms with E-state index < -0.39 is 11.9 Å². The summed E-state index contributed by atoms with van der Waals surface area (Å²) in [6.07, 6.45) is -2.64. The lowest BCUT2D eigenvalue weighted by atomic mass is 10.1. The Hall–Kier alpha value is -1.59. The summed E-state index contributed by atoms with van der Waals surface area (Å²) in [6.45, 7) is 0. The molecule has 3 nitrogen and oxygen atoms in total. The van der Waals surface area contributed by atoms with E-state index in [0.29, 0.717) is 12.0 Å². The smallest absolute Gasteiger partial charge is 0.433 e. The molecule has 0 aliphatic heterocycles. The van der Waals surface area contributed by atoms with E-state index in [4.69, 9.17) is 0 Å². The van der Waals surface area contributed by atoms with Gasteiger partial charge in [0.2, 0.25) is 0 Å². The van der Waals surface area contributed by atoms with Crippen LogP contribution in [-0.2, 0) is 15.7 Å². The Morgan fingerprint density at radius 1 is 1.47 bits per heavy atom. The molecular formula is C11H10F3NO2. The number of carbonyl (C=O) groups is 1. The number of rotatable bonds is 2. The molecule has 1 aliphatic carbocycles. The number of alkyl halides is 3. The van der Waals surface area contributed by atoms with Gasteiger partial charge in [-0.05, 0) is 24.0 Å². The highest BCUT2D eigenvalue weighted by Gasteiger charge is 2.45. The Labute approximate surface area is 95.6 Å². The van der Waals surface area contributed by atoms with Crippen molar-refractivity contribution >= 4 is 5.97 Å². The van der Waals surface area contributed by atoms with Gasteiger partial charge in [0.15, 0.2) is 0 Å². The molecule has 1 heterocycles. The van der Waals surface area contributed by atoms with Crippen molar-refractivity contribution in [2.24, 2.45) is 5.92 Å². The maximum Gasteiger partial charge on any atom is 0.433 e. The lowest BCUT2D eigenvalue weighted by molar-refractivity contribution is -0.142. The van der Waals surface area contributed by atoms with Crippen LogP contribution in [-0.4, -0.2) is 18.1 Å². The molecule has 1 aliphatic rings. The maximum absolute atomic E-state index is 12.3. The van der Waals surface area contributed by atoms with E-state index in [-0.39, 0.29) is 17.8 Å². The van der Waals surface area contributed by atoms with Crippen LogP contribution in [0.4, 0.5) is 13.2 Å². The molecule has 0 N–H and O–H groups in total. The van der Waals surface area contributed by atoms with Crippen molar-refractivity contribution in [3.8, 4) is 0 Å². The monoisotopic (exact) mass is 245 g/mol. The van der Waals surface area contributed by atoms with Crippen LogP contribution in [0, 0.1) is 5.92 Å². The molecule has 2 rings (SSSR count). The minimum absolute atomic E-state index is 0.0581. The first-order chi connectivity index (χ1) is 7.93. The molecule has 1 saturated carbocycles. The number of hydrogen-bond donors (Lipinski definition) is 0. The van der Waals surface area contributed by atoms with E-state index in [9.17, 15) is 18.0 Å². The zero-order valence-electron chi connectivity index (χ0n) is 8.99. The Morgan fingerprint density at radius 2 is 2.18 bits per heavy atom. The van der Waals surface area contributed by atoms with Crippen LogP contribution < -0.4 is 0 Å². The fourth-order valence-corrected chi connectivity index (χ4v) is 1.77. The van der Waals surface area contributed by atoms with Gasteiger partial charge in [0.1, 0.15) is 5.69 Å². The van der Waals surface area contributed by atoms with Gasteiger partial charge in [0.25, 0.3) is 0 Å². The van der Waals surface area contributed by atoms with E-state index in [1.807, 2.05) is 0 Å². The van der Waals surface area contributed by atoms with Gasteiger partial charge in [-0.3, -0.25) is 9.78 Å². The van der Waals surface area contributed by atoms with Crippen LogP contribution in [0.5, 0.6) is 0 Å². The molecule has 0 spiro atoms. The quantitative estimate of drug-likeness (QED) is 0.751. The number of pyridine rings is 1. The van der Waals surface area contributed by atoms with Crippen molar-refractivity contribution in [3.63, 3.8) is 0 Å². The second-order valence-electron chi connectivity index (χ2n) is 3.95. The number of ether oxygens (including phenoxy) is 1. The minimum Gasteiger partial charge on any atom is -0.469 e. The van der Waals surface area contributed by atoms with Crippen molar-refractivity contribution in [3.05, 3.63) is 29.6 Å². The predicted octanol–water partition coefficient (Wildman–Crippen LogP) is 2.38. The fourth-order valence-electron chi connectivity index (χ4n) is 1.77. The fraction of sp³-hybridized carbons (Fsp3) is 0.455. The second kappa shape index (κ2) is 4.01. The van der Waals surface area contributed by atoms with Gasteiger partial charge in [0, 0.05) is 6.20 Å². The van der Waals surface area contributed by atoms with E-state index >= 15 is 0 Å². The molecule has 1 fully saturated rings. The standard InChI is InChI=1S/C11H10F3NO2/c1-17-10(16)8-4-7(8)6-2-3-9(15-5-6)11(12,13)14/h2-3,5,7-8H,4H2,1H3. The molecule has 0 amide bonds. The average Bonchev–Trinajstić information content (AvgIpc) is 3.07. The number of methoxy groups -OCH3 is 1. The van der Waals surface area contributed by atoms with Crippen molar-refractivity contribution in [2.45, 2.75) is 18.5 Å². The van der Waals surface area contributed by atoms with E-state index in [2.05, 4.69) is 9.72 Å². The SMILES string of the molecule is COC(=O)C1CC1c1ccc(C(F)(F)F)nc1. The minimum atomic E-state index is -4.43. The second-order valence-corrected chi connectivity index (χ2v) is 3.95. The van der Waals surface area contributed by atoms with E-state index in [1.54, 1.807) is 0 Å². The Morgan fingerprint density at radius 3 is 2.65 bits per heavy atom. The van der Waals surface area contributed by atoms with Gasteiger partial charge in [-0.2, -0.15) is 13.2 Å². The summed E-state index contributed by atoms with van der Waals surface area (Å²) < 4.78 is 41.3. The van der Waals surface area contributed by atoms with Crippen molar-refractivity contribution < 1.29 is 22.7 Å². The third-order valence-electron chi connectivity index (χ3n) is 2.80. The Kier molecular flexibility index (Phi) is 2.81. The zero-order valence-corrected chi connectivity index (χ0v) is 8.99. The van der Waals surface area contributed by atoms with Crippen LogP contribution in [0.1, 0.15) is 23.6 Å². The third-order valence-corrected chi connectivity index (χ3v) is 2.80. The highest BCUT2D eigenvalue weighted by Crippen LogP contribution is 2.48. The predicted molar refractivity (Wildman–Crippen MR) is 52.1 cm³/mol. The number of nitrogens with zero attached hydrogens (tertiary/aromatic N) is 1. The number of halogens is 3. The average molecular weight is 245 g/mol. The topological polar surface area (TPSA) is 39.2 Å². The van der Waals surface area contributed by atoms with E-state index in [1.165, 1.54) is 19.4 Å². The summed E-state index contributed by atoms with van der Waals surface area (Å²) in [5, 5.41) is 0. The lowest BCUT2D eigenvalue weighted by Crippen LogP contribution is -2.08. The van der Waals surface area contributed by atoms with Crippen molar-refractivity contribution in [2.75, 3.05) is 7.11 Å². The first-order valence-electron chi connectivity index (χ1n) is 5.04. The number of hydrogen-bond acceptors (Lipinski definition) is 3. The van der Waals surface area contributed by atoms with Crippen LogP contribution in [0.3, 0.4) is 0 Å². The molecule has 1 aromatic heterocycles.